The summed E-state index contributed by atoms with van der Waals surface area (Å²) in [6.45, 7) is 7.59. The number of methoxy groups -OCH3 is 1. The molecule has 2 amide bonds. The number of ether oxygens (including phenoxy) is 1. The van der Waals surface area contributed by atoms with E-state index in [-0.39, 0.29) is 23.0 Å². The Morgan fingerprint density at radius 3 is 2.33 bits per heavy atom. The van der Waals surface area contributed by atoms with Gasteiger partial charge in [0.05, 0.1) is 17.7 Å². The average molecular weight is 614 g/mol. The number of nitrogens with one attached hydrogen (secondary N) is 1. The third kappa shape index (κ3) is 8.26. The maximum absolute atomic E-state index is 14.2. The van der Waals surface area contributed by atoms with Crippen LogP contribution in [0.1, 0.15) is 49.8 Å². The molecule has 0 heterocycles. The van der Waals surface area contributed by atoms with Crippen molar-refractivity contribution in [1.82, 2.24) is 10.2 Å². The minimum Gasteiger partial charge on any atom is -0.497 e. The molecule has 1 atom stereocenters. The molecule has 0 aromatic heterocycles. The van der Waals surface area contributed by atoms with E-state index in [0.717, 1.165) is 33.8 Å². The van der Waals surface area contributed by atoms with Gasteiger partial charge in [0.15, 0.2) is 0 Å². The van der Waals surface area contributed by atoms with Gasteiger partial charge in [0.2, 0.25) is 11.8 Å². The van der Waals surface area contributed by atoms with E-state index in [4.69, 9.17) is 16.3 Å². The van der Waals surface area contributed by atoms with Crippen LogP contribution in [0.2, 0.25) is 5.02 Å². The van der Waals surface area contributed by atoms with Gasteiger partial charge in [-0.05, 0) is 74.2 Å². The summed E-state index contributed by atoms with van der Waals surface area (Å²) >= 11 is 6.40. The van der Waals surface area contributed by atoms with Crippen LogP contribution in [0.3, 0.4) is 0 Å². The molecule has 0 fully saturated rings. The van der Waals surface area contributed by atoms with E-state index < -0.39 is 28.5 Å². The topological polar surface area (TPSA) is 96.0 Å². The molecule has 3 aromatic carbocycles. The summed E-state index contributed by atoms with van der Waals surface area (Å²) in [5, 5.41) is 3.31. The second kappa shape index (κ2) is 15.1. The zero-order valence-electron chi connectivity index (χ0n) is 24.9. The van der Waals surface area contributed by atoms with Crippen molar-refractivity contribution in [2.45, 2.75) is 64.4 Å². The number of amides is 2. The number of anilines is 1. The molecule has 10 heteroatoms. The lowest BCUT2D eigenvalue weighted by Crippen LogP contribution is -2.52. The Morgan fingerprint density at radius 2 is 1.71 bits per heavy atom. The largest absolute Gasteiger partial charge is 0.497 e. The van der Waals surface area contributed by atoms with Gasteiger partial charge >= 0.3 is 0 Å². The van der Waals surface area contributed by atoms with Gasteiger partial charge in [-0.15, -0.1) is 0 Å². The van der Waals surface area contributed by atoms with E-state index in [2.05, 4.69) is 5.32 Å². The normalized spacial score (nSPS) is 12.0. The minimum atomic E-state index is -4.18. The van der Waals surface area contributed by atoms with Crippen molar-refractivity contribution in [3.63, 3.8) is 0 Å². The summed E-state index contributed by atoms with van der Waals surface area (Å²) in [6, 6.07) is 17.7. The maximum atomic E-state index is 14.2. The molecule has 1 N–H and O–H groups in total. The molecule has 0 radical (unpaired) electrons. The van der Waals surface area contributed by atoms with Crippen molar-refractivity contribution < 1.29 is 22.7 Å². The first kappa shape index (κ1) is 32.9. The highest BCUT2D eigenvalue weighted by Gasteiger charge is 2.33. The first-order chi connectivity index (χ1) is 20.0. The van der Waals surface area contributed by atoms with E-state index in [1.807, 2.05) is 39.8 Å². The Kier molecular flexibility index (Phi) is 11.8. The number of hydrogen-bond donors (Lipinski definition) is 1. The van der Waals surface area contributed by atoms with Gasteiger partial charge in [-0.25, -0.2) is 8.42 Å². The molecule has 0 aliphatic rings. The van der Waals surface area contributed by atoms with E-state index in [9.17, 15) is 18.0 Å². The molecule has 0 spiro atoms. The molecule has 0 saturated carbocycles. The molecular formula is C32H40ClN3O5S. The average Bonchev–Trinajstić information content (AvgIpc) is 2.97. The summed E-state index contributed by atoms with van der Waals surface area (Å²) in [6.07, 6.45) is 2.06. The van der Waals surface area contributed by atoms with E-state index in [1.54, 1.807) is 43.5 Å². The number of sulfonamides is 1. The second-order valence-corrected chi connectivity index (χ2v) is 12.5. The fraction of sp³-hybridized carbons (Fsp3) is 0.375. The first-order valence-electron chi connectivity index (χ1n) is 14.1. The summed E-state index contributed by atoms with van der Waals surface area (Å²) in [4.78, 5) is 29.0. The zero-order valence-corrected chi connectivity index (χ0v) is 26.5. The summed E-state index contributed by atoms with van der Waals surface area (Å²) in [5.41, 5.74) is 2.67. The lowest BCUT2D eigenvalue weighted by atomic mass is 10.1. The smallest absolute Gasteiger partial charge is 0.264 e. The van der Waals surface area contributed by atoms with Crippen molar-refractivity contribution in [1.29, 1.82) is 0 Å². The van der Waals surface area contributed by atoms with Crippen molar-refractivity contribution in [3.8, 4) is 5.75 Å². The Balaban J connectivity index is 2.07. The Bertz CT molecular complexity index is 1480. The highest BCUT2D eigenvalue weighted by Crippen LogP contribution is 2.29. The van der Waals surface area contributed by atoms with E-state index in [1.165, 1.54) is 23.1 Å². The van der Waals surface area contributed by atoms with Gasteiger partial charge < -0.3 is 15.0 Å². The maximum Gasteiger partial charge on any atom is 0.264 e. The molecule has 0 aliphatic carbocycles. The fourth-order valence-corrected chi connectivity index (χ4v) is 6.08. The van der Waals surface area contributed by atoms with Crippen LogP contribution in [0.5, 0.6) is 5.75 Å². The van der Waals surface area contributed by atoms with Crippen LogP contribution in [0.25, 0.3) is 0 Å². The lowest BCUT2D eigenvalue weighted by molar-refractivity contribution is -0.140. The first-order valence-corrected chi connectivity index (χ1v) is 15.9. The Labute approximate surface area is 254 Å². The van der Waals surface area contributed by atoms with Gasteiger partial charge in [0.1, 0.15) is 18.3 Å². The predicted molar refractivity (Wildman–Crippen MR) is 167 cm³/mol. The van der Waals surface area contributed by atoms with E-state index in [0.29, 0.717) is 23.7 Å². The number of carbonyl (C=O) groups is 2. The third-order valence-electron chi connectivity index (χ3n) is 7.03. The van der Waals surface area contributed by atoms with Crippen LogP contribution in [0.4, 0.5) is 5.69 Å². The number of aryl methyl sites for hydroxylation is 2. The Morgan fingerprint density at radius 1 is 1.00 bits per heavy atom. The van der Waals surface area contributed by atoms with Crippen LogP contribution in [-0.2, 0) is 26.2 Å². The van der Waals surface area contributed by atoms with Gasteiger partial charge in [-0.2, -0.15) is 0 Å². The van der Waals surface area contributed by atoms with Crippen molar-refractivity contribution >= 4 is 39.1 Å². The summed E-state index contributed by atoms with van der Waals surface area (Å²) < 4.78 is 34.4. The fourth-order valence-electron chi connectivity index (χ4n) is 4.50. The number of hydrogen-bond acceptors (Lipinski definition) is 5. The van der Waals surface area contributed by atoms with Crippen LogP contribution in [0.15, 0.2) is 71.6 Å². The van der Waals surface area contributed by atoms with Crippen molar-refractivity contribution in [2.24, 2.45) is 0 Å². The monoisotopic (exact) mass is 613 g/mol. The number of nitrogens with zero attached hydrogens (tertiary/aromatic N) is 2. The highest BCUT2D eigenvalue weighted by atomic mass is 35.5. The number of rotatable bonds is 14. The SMILES string of the molecule is CCCCNC(=O)[C@H](CC)N(Cc1cccc(OC)c1)C(=O)CN(c1ccc(C)c(Cl)c1)S(=O)(=O)c1ccc(C)cc1. The molecular weight excluding hydrogens is 574 g/mol. The van der Waals surface area contributed by atoms with Gasteiger partial charge in [-0.1, -0.05) is 67.8 Å². The molecule has 3 rings (SSSR count). The quantitative estimate of drug-likeness (QED) is 0.229. The van der Waals surface area contributed by atoms with Gasteiger partial charge in [-0.3, -0.25) is 13.9 Å². The minimum absolute atomic E-state index is 0.0429. The molecule has 0 saturated heterocycles. The van der Waals surface area contributed by atoms with Crippen molar-refractivity contribution in [3.05, 3.63) is 88.4 Å². The molecule has 42 heavy (non-hydrogen) atoms. The second-order valence-electron chi connectivity index (χ2n) is 10.2. The highest BCUT2D eigenvalue weighted by molar-refractivity contribution is 7.92. The molecule has 3 aromatic rings. The van der Waals surface area contributed by atoms with Crippen LogP contribution in [-0.4, -0.2) is 51.4 Å². The lowest BCUT2D eigenvalue weighted by Gasteiger charge is -2.33. The Hall–Kier alpha value is -3.56. The zero-order chi connectivity index (χ0) is 30.9. The van der Waals surface area contributed by atoms with Crippen LogP contribution in [0, 0.1) is 13.8 Å². The van der Waals surface area contributed by atoms with Crippen LogP contribution < -0.4 is 14.4 Å². The number of benzene rings is 3. The van der Waals surface area contributed by atoms with Gasteiger partial charge in [0.25, 0.3) is 10.0 Å². The summed E-state index contributed by atoms with van der Waals surface area (Å²) in [5.74, 6) is -0.200. The number of unbranched alkanes of at least 4 members (excludes halogenated alkanes) is 1. The van der Waals surface area contributed by atoms with E-state index >= 15 is 0 Å². The molecule has 0 aliphatic heterocycles. The van der Waals surface area contributed by atoms with Crippen molar-refractivity contribution in [2.75, 3.05) is 24.5 Å². The third-order valence-corrected chi connectivity index (χ3v) is 9.23. The van der Waals surface area contributed by atoms with Crippen LogP contribution >= 0.6 is 11.6 Å². The molecule has 8 nitrogen and oxygen atoms in total. The predicted octanol–water partition coefficient (Wildman–Crippen LogP) is 5.88. The number of carbonyl (C=O) groups excluding carboxylic acids is 2. The molecule has 0 unspecified atom stereocenters. The van der Waals surface area contributed by atoms with Gasteiger partial charge in [0, 0.05) is 18.1 Å². The summed E-state index contributed by atoms with van der Waals surface area (Å²) in [7, 11) is -2.62. The number of halogens is 1. The standard InChI is InChI=1S/C32H40ClN3O5S/c1-6-8-18-34-32(38)30(7-2)35(21-25-10-9-11-27(19-25)41-5)31(37)22-36(26-15-14-24(4)29(33)20-26)42(39,40)28-16-12-23(3)13-17-28/h9-17,19-20,30H,6-8,18,21-22H2,1-5H3,(H,34,38)/t30-/m0/s1. The molecule has 226 valence electrons. The molecule has 0 bridgehead atoms.